The van der Waals surface area contributed by atoms with E-state index in [1.165, 1.54) is 0 Å². The van der Waals surface area contributed by atoms with Crippen molar-refractivity contribution in [3.05, 3.63) is 11.8 Å². The van der Waals surface area contributed by atoms with Crippen molar-refractivity contribution in [2.24, 2.45) is 0 Å². The van der Waals surface area contributed by atoms with Crippen molar-refractivity contribution < 1.29 is 4.74 Å². The average Bonchev–Trinajstić information content (AvgIpc) is 1.90. The van der Waals surface area contributed by atoms with Gasteiger partial charge in [-0.25, -0.2) is 0 Å². The average molecular weight is 234 g/mol. The summed E-state index contributed by atoms with van der Waals surface area (Å²) < 4.78 is 5.75. The van der Waals surface area contributed by atoms with Crippen LogP contribution in [0.2, 0.25) is 0 Å². The molecule has 0 saturated carbocycles. The summed E-state index contributed by atoms with van der Waals surface area (Å²) in [5.74, 6) is 3.16. The predicted molar refractivity (Wildman–Crippen MR) is 45.3 cm³/mol. The quantitative estimate of drug-likeness (QED) is 0.352. The first kappa shape index (κ1) is 6.94. The van der Waals surface area contributed by atoms with Crippen molar-refractivity contribution >= 4 is 22.6 Å². The SMILES string of the molecule is C#CC1=CCC(I)CO1. The maximum atomic E-state index is 5.16. The zero-order chi connectivity index (χ0) is 6.69. The summed E-state index contributed by atoms with van der Waals surface area (Å²) in [7, 11) is 0. The lowest BCUT2D eigenvalue weighted by Gasteiger charge is -2.14. The van der Waals surface area contributed by atoms with Gasteiger partial charge in [-0.15, -0.1) is 6.42 Å². The van der Waals surface area contributed by atoms with Gasteiger partial charge in [-0.3, -0.25) is 0 Å². The lowest BCUT2D eigenvalue weighted by Crippen LogP contribution is -2.11. The molecule has 2 heteroatoms. The topological polar surface area (TPSA) is 9.23 Å². The van der Waals surface area contributed by atoms with Crippen LogP contribution in [0.3, 0.4) is 0 Å². The number of terminal acetylenes is 1. The van der Waals surface area contributed by atoms with E-state index in [4.69, 9.17) is 11.2 Å². The van der Waals surface area contributed by atoms with Gasteiger partial charge in [0.15, 0.2) is 5.76 Å². The molecule has 1 nitrogen and oxygen atoms in total. The molecule has 0 aromatic carbocycles. The highest BCUT2D eigenvalue weighted by Gasteiger charge is 2.09. The number of hydrogen-bond acceptors (Lipinski definition) is 1. The van der Waals surface area contributed by atoms with Gasteiger partial charge in [0, 0.05) is 3.92 Å². The van der Waals surface area contributed by atoms with Crippen molar-refractivity contribution in [1.82, 2.24) is 0 Å². The third kappa shape index (κ3) is 1.90. The summed E-state index contributed by atoms with van der Waals surface area (Å²) in [6, 6.07) is 0. The molecule has 1 aliphatic heterocycles. The Kier molecular flexibility index (Phi) is 2.40. The molecule has 0 radical (unpaired) electrons. The molecule has 1 heterocycles. The van der Waals surface area contributed by atoms with Crippen molar-refractivity contribution in [1.29, 1.82) is 0 Å². The van der Waals surface area contributed by atoms with Gasteiger partial charge in [-0.1, -0.05) is 22.6 Å². The maximum absolute atomic E-state index is 5.16. The molecule has 0 saturated heterocycles. The lowest BCUT2D eigenvalue weighted by molar-refractivity contribution is 0.218. The van der Waals surface area contributed by atoms with Crippen LogP contribution >= 0.6 is 22.6 Å². The first-order valence-corrected chi connectivity index (χ1v) is 4.01. The van der Waals surface area contributed by atoms with Crippen LogP contribution in [0, 0.1) is 12.3 Å². The molecule has 0 amide bonds. The van der Waals surface area contributed by atoms with Crippen molar-refractivity contribution in [2.75, 3.05) is 6.61 Å². The van der Waals surface area contributed by atoms with Crippen LogP contribution in [0.15, 0.2) is 11.8 Å². The molecule has 0 aromatic heterocycles. The molecule has 0 N–H and O–H groups in total. The smallest absolute Gasteiger partial charge is 0.165 e. The highest BCUT2D eigenvalue weighted by atomic mass is 127. The third-order valence-electron chi connectivity index (χ3n) is 1.12. The number of halogens is 1. The molecule has 0 aromatic rings. The molecule has 0 bridgehead atoms. The fourth-order valence-corrected chi connectivity index (χ4v) is 1.08. The molecule has 1 unspecified atom stereocenters. The number of allylic oxidation sites excluding steroid dienone is 2. The Labute approximate surface area is 68.6 Å². The highest BCUT2D eigenvalue weighted by molar-refractivity contribution is 14.1. The predicted octanol–water partition coefficient (Wildman–Crippen LogP) is 1.73. The zero-order valence-corrected chi connectivity index (χ0v) is 7.09. The summed E-state index contributed by atoms with van der Waals surface area (Å²) in [6.45, 7) is 0.761. The minimum atomic E-state index is 0.597. The van der Waals surface area contributed by atoms with Gasteiger partial charge in [0.2, 0.25) is 0 Å². The van der Waals surface area contributed by atoms with E-state index in [-0.39, 0.29) is 0 Å². The molecular weight excluding hydrogens is 227 g/mol. The monoisotopic (exact) mass is 234 g/mol. The summed E-state index contributed by atoms with van der Waals surface area (Å²) in [5, 5.41) is 0. The van der Waals surface area contributed by atoms with Crippen molar-refractivity contribution in [3.63, 3.8) is 0 Å². The van der Waals surface area contributed by atoms with Crippen LogP contribution in [0.5, 0.6) is 0 Å². The fraction of sp³-hybridized carbons (Fsp3) is 0.429. The van der Waals surface area contributed by atoms with Crippen molar-refractivity contribution in [2.45, 2.75) is 10.3 Å². The van der Waals surface area contributed by atoms with E-state index < -0.39 is 0 Å². The molecular formula is C7H7IO. The molecule has 9 heavy (non-hydrogen) atoms. The van der Waals surface area contributed by atoms with Crippen LogP contribution in [-0.4, -0.2) is 10.5 Å². The van der Waals surface area contributed by atoms with Gasteiger partial charge in [-0.05, 0) is 18.4 Å². The fourth-order valence-electron chi connectivity index (χ4n) is 0.643. The molecule has 1 rings (SSSR count). The Balaban J connectivity index is 2.53. The molecule has 1 aliphatic rings. The van der Waals surface area contributed by atoms with Gasteiger partial charge in [-0.2, -0.15) is 0 Å². The first-order valence-electron chi connectivity index (χ1n) is 2.76. The standard InChI is InChI=1S/C7H7IO/c1-2-7-4-3-6(8)5-9-7/h1,4,6H,3,5H2. The Morgan fingerprint density at radius 1 is 1.89 bits per heavy atom. The second-order valence-electron chi connectivity index (χ2n) is 1.86. The minimum absolute atomic E-state index is 0.597. The molecule has 0 aliphatic carbocycles. The van der Waals surface area contributed by atoms with Crippen LogP contribution in [0.25, 0.3) is 0 Å². The number of ether oxygens (including phenoxy) is 1. The van der Waals surface area contributed by atoms with E-state index in [1.54, 1.807) is 0 Å². The van der Waals surface area contributed by atoms with Crippen LogP contribution in [-0.2, 0) is 4.74 Å². The van der Waals surface area contributed by atoms with Gasteiger partial charge < -0.3 is 4.74 Å². The molecule has 1 atom stereocenters. The molecule has 0 spiro atoms. The minimum Gasteiger partial charge on any atom is -0.485 e. The van der Waals surface area contributed by atoms with Gasteiger partial charge in [0.05, 0.1) is 0 Å². The number of hydrogen-bond donors (Lipinski definition) is 0. The van der Waals surface area contributed by atoms with Crippen molar-refractivity contribution in [3.8, 4) is 12.3 Å². The Bertz CT molecular complexity index is 166. The summed E-state index contributed by atoms with van der Waals surface area (Å²) in [5.41, 5.74) is 0. The normalized spacial score (nSPS) is 25.8. The summed E-state index contributed by atoms with van der Waals surface area (Å²) >= 11 is 2.34. The van der Waals surface area contributed by atoms with Gasteiger partial charge in [0.1, 0.15) is 6.61 Å². The maximum Gasteiger partial charge on any atom is 0.165 e. The largest absolute Gasteiger partial charge is 0.485 e. The summed E-state index contributed by atoms with van der Waals surface area (Å²) in [4.78, 5) is 0. The summed E-state index contributed by atoms with van der Waals surface area (Å²) in [6.07, 6.45) is 8.10. The Hall–Kier alpha value is -0.170. The number of rotatable bonds is 0. The molecule has 48 valence electrons. The van der Waals surface area contributed by atoms with Crippen LogP contribution in [0.1, 0.15) is 6.42 Å². The van der Waals surface area contributed by atoms with E-state index in [2.05, 4.69) is 28.5 Å². The van der Waals surface area contributed by atoms with E-state index in [1.807, 2.05) is 6.08 Å². The lowest BCUT2D eigenvalue weighted by atomic mass is 10.2. The third-order valence-corrected chi connectivity index (χ3v) is 1.99. The Morgan fingerprint density at radius 2 is 2.67 bits per heavy atom. The van der Waals surface area contributed by atoms with Gasteiger partial charge in [0.25, 0.3) is 0 Å². The number of alkyl halides is 1. The van der Waals surface area contributed by atoms with Gasteiger partial charge >= 0.3 is 0 Å². The van der Waals surface area contributed by atoms with E-state index in [0.29, 0.717) is 9.68 Å². The van der Waals surface area contributed by atoms with E-state index in [0.717, 1.165) is 13.0 Å². The second-order valence-corrected chi connectivity index (χ2v) is 3.62. The van der Waals surface area contributed by atoms with E-state index in [9.17, 15) is 0 Å². The van der Waals surface area contributed by atoms with Crippen LogP contribution in [0.4, 0.5) is 0 Å². The highest BCUT2D eigenvalue weighted by Crippen LogP contribution is 2.15. The second kappa shape index (κ2) is 3.11. The zero-order valence-electron chi connectivity index (χ0n) is 4.93. The molecule has 0 fully saturated rings. The van der Waals surface area contributed by atoms with Crippen LogP contribution < -0.4 is 0 Å². The van der Waals surface area contributed by atoms with E-state index >= 15 is 0 Å². The first-order chi connectivity index (χ1) is 4.33. The Morgan fingerprint density at radius 3 is 3.11 bits per heavy atom.